The Morgan fingerprint density at radius 3 is 2.14 bits per heavy atom. The Hall–Kier alpha value is -1.22. The molecule has 28 heavy (non-hydrogen) atoms. The highest BCUT2D eigenvalue weighted by Crippen LogP contribution is 2.16. The summed E-state index contributed by atoms with van der Waals surface area (Å²) in [6, 6.07) is 0. The molecular weight excluding hydrogens is 353 g/mol. The lowest BCUT2D eigenvalue weighted by molar-refractivity contribution is -0.891. The van der Waals surface area contributed by atoms with E-state index in [0.29, 0.717) is 12.2 Å². The fourth-order valence-electron chi connectivity index (χ4n) is 3.50. The van der Waals surface area contributed by atoms with Gasteiger partial charge in [-0.2, -0.15) is 0 Å². The van der Waals surface area contributed by atoms with Gasteiger partial charge in [0.2, 0.25) is 0 Å². The monoisotopic (exact) mass is 395 g/mol. The molecule has 1 aliphatic rings. The average Bonchev–Trinajstić information content (AvgIpc) is 2.67. The van der Waals surface area contributed by atoms with E-state index in [4.69, 9.17) is 4.74 Å². The zero-order valence-electron chi connectivity index (χ0n) is 18.4. The Morgan fingerprint density at radius 2 is 1.54 bits per heavy atom. The molecule has 0 saturated heterocycles. The van der Waals surface area contributed by atoms with Crippen LogP contribution < -0.4 is 4.70 Å². The van der Waals surface area contributed by atoms with Crippen LogP contribution in [0.1, 0.15) is 71.1 Å². The molecule has 0 bridgehead atoms. The van der Waals surface area contributed by atoms with Crippen LogP contribution in [0.2, 0.25) is 0 Å². The lowest BCUT2D eigenvalue weighted by Crippen LogP contribution is -3.00. The normalized spacial score (nSPS) is 16.1. The number of allylic oxidation sites excluding steroid dienone is 3. The minimum Gasteiger partial charge on any atom is -1.00 e. The van der Waals surface area contributed by atoms with Crippen LogP contribution in [-0.4, -0.2) is 50.8 Å². The van der Waals surface area contributed by atoms with Gasteiger partial charge in [0.1, 0.15) is 12.5 Å². The van der Waals surface area contributed by atoms with Gasteiger partial charge >= 0.3 is 0 Å². The largest absolute Gasteiger partial charge is 1.00 e. The summed E-state index contributed by atoms with van der Waals surface area (Å²) in [5, 5.41) is 0. The average molecular weight is 396 g/mol. The van der Waals surface area contributed by atoms with Gasteiger partial charge in [-0.3, -0.25) is 0 Å². The molecule has 0 heterocycles. The van der Waals surface area contributed by atoms with E-state index in [-0.39, 0.29) is 10.6 Å². The lowest BCUT2D eigenvalue weighted by Gasteiger charge is -2.30. The summed E-state index contributed by atoms with van der Waals surface area (Å²) >= 11 is 0. The maximum atomic E-state index is 10.9. The predicted octanol–water partition coefficient (Wildman–Crippen LogP) is 2.50. The standard InChI is InChI=1S/C24H42NO2.FH/c1-4-5-6-7-8-9-10-11-12-15-18-25(2,3)19-20-27-22-24-17-14-13-16-23(24)21-26;/h13-14,16-17,24H,4-12,15,18-20,22H2,1-3H3;1H/q+1;/p-1. The van der Waals surface area contributed by atoms with Crippen molar-refractivity contribution in [3.8, 4) is 0 Å². The number of hydrogen-bond donors (Lipinski definition) is 0. The summed E-state index contributed by atoms with van der Waals surface area (Å²) in [7, 11) is 4.58. The third-order valence-electron chi connectivity index (χ3n) is 5.50. The third kappa shape index (κ3) is 13.0. The molecule has 0 saturated carbocycles. The molecule has 0 amide bonds. The van der Waals surface area contributed by atoms with E-state index >= 15 is 0 Å². The minimum absolute atomic E-state index is 0. The molecule has 1 atom stereocenters. The Labute approximate surface area is 172 Å². The molecule has 1 aliphatic carbocycles. The summed E-state index contributed by atoms with van der Waals surface area (Å²) < 4.78 is 6.85. The van der Waals surface area contributed by atoms with Gasteiger partial charge in [0.25, 0.3) is 0 Å². The van der Waals surface area contributed by atoms with Crippen molar-refractivity contribution >= 4 is 5.94 Å². The van der Waals surface area contributed by atoms with E-state index in [1.807, 2.05) is 30.2 Å². The highest BCUT2D eigenvalue weighted by Gasteiger charge is 2.16. The van der Waals surface area contributed by atoms with Gasteiger partial charge in [0.15, 0.2) is 0 Å². The van der Waals surface area contributed by atoms with Crippen molar-refractivity contribution in [2.24, 2.45) is 5.92 Å². The Bertz CT molecular complexity index is 493. The highest BCUT2D eigenvalue weighted by atomic mass is 19.0. The molecule has 0 N–H and O–H groups in total. The van der Waals surface area contributed by atoms with Crippen molar-refractivity contribution in [2.75, 3.05) is 40.4 Å². The van der Waals surface area contributed by atoms with E-state index in [0.717, 1.165) is 17.6 Å². The SMILES string of the molecule is CCCCCCCCCCCC[N+](C)(C)CCOCC1C=CC=CC1=C=O.[F-]. The number of carbonyl (C=O) groups excluding carboxylic acids is 1. The van der Waals surface area contributed by atoms with E-state index in [2.05, 4.69) is 21.0 Å². The Morgan fingerprint density at radius 1 is 0.929 bits per heavy atom. The second kappa shape index (κ2) is 16.7. The van der Waals surface area contributed by atoms with E-state index in [1.54, 1.807) is 0 Å². The van der Waals surface area contributed by atoms with Crippen molar-refractivity contribution in [2.45, 2.75) is 71.1 Å². The maximum Gasteiger partial charge on any atom is 0.128 e. The number of unbranched alkanes of at least 4 members (excludes halogenated alkanes) is 9. The first-order valence-corrected chi connectivity index (χ1v) is 11.1. The topological polar surface area (TPSA) is 26.3 Å². The maximum absolute atomic E-state index is 10.9. The third-order valence-corrected chi connectivity index (χ3v) is 5.50. The van der Waals surface area contributed by atoms with Crippen LogP contribution in [-0.2, 0) is 9.53 Å². The van der Waals surface area contributed by atoms with Crippen LogP contribution in [0, 0.1) is 5.92 Å². The van der Waals surface area contributed by atoms with Crippen molar-refractivity contribution in [3.05, 3.63) is 29.9 Å². The number of likely N-dealkylation sites (N-methyl/N-ethyl adjacent to an activating group) is 1. The van der Waals surface area contributed by atoms with Crippen LogP contribution in [0.15, 0.2) is 29.9 Å². The second-order valence-corrected chi connectivity index (χ2v) is 8.55. The fraction of sp³-hybridized carbons (Fsp3) is 0.750. The predicted molar refractivity (Wildman–Crippen MR) is 115 cm³/mol. The van der Waals surface area contributed by atoms with E-state index < -0.39 is 0 Å². The van der Waals surface area contributed by atoms with Crippen molar-refractivity contribution in [1.82, 2.24) is 0 Å². The first kappa shape index (κ1) is 26.8. The van der Waals surface area contributed by atoms with Crippen LogP contribution >= 0.6 is 0 Å². The Balaban J connectivity index is 0.00000729. The first-order valence-electron chi connectivity index (χ1n) is 11.1. The molecule has 0 spiro atoms. The molecule has 4 heteroatoms. The van der Waals surface area contributed by atoms with Gasteiger partial charge in [-0.1, -0.05) is 76.5 Å². The number of rotatable bonds is 16. The summed E-state index contributed by atoms with van der Waals surface area (Å²) in [6.07, 6.45) is 21.6. The summed E-state index contributed by atoms with van der Waals surface area (Å²) in [5.74, 6) is 2.08. The molecule has 1 rings (SSSR count). The van der Waals surface area contributed by atoms with Gasteiger partial charge in [-0.15, -0.1) is 0 Å². The van der Waals surface area contributed by atoms with Gasteiger partial charge in [-0.05, 0) is 18.9 Å². The van der Waals surface area contributed by atoms with Gasteiger partial charge < -0.3 is 13.9 Å². The molecule has 0 aromatic rings. The van der Waals surface area contributed by atoms with Crippen LogP contribution in [0.4, 0.5) is 0 Å². The van der Waals surface area contributed by atoms with Crippen molar-refractivity contribution in [3.63, 3.8) is 0 Å². The number of nitrogens with zero attached hydrogens (tertiary/aromatic N) is 1. The van der Waals surface area contributed by atoms with Crippen molar-refractivity contribution < 1.29 is 18.7 Å². The molecule has 0 aromatic heterocycles. The van der Waals surface area contributed by atoms with Crippen LogP contribution in [0.5, 0.6) is 0 Å². The van der Waals surface area contributed by atoms with E-state index in [1.165, 1.54) is 70.8 Å². The smallest absolute Gasteiger partial charge is 0.128 e. The molecule has 0 radical (unpaired) electrons. The molecule has 1 unspecified atom stereocenters. The van der Waals surface area contributed by atoms with Crippen LogP contribution in [0.25, 0.3) is 0 Å². The lowest BCUT2D eigenvalue weighted by atomic mass is 9.97. The molecule has 162 valence electrons. The van der Waals surface area contributed by atoms with E-state index in [9.17, 15) is 4.79 Å². The number of quaternary nitrogens is 1. The van der Waals surface area contributed by atoms with Gasteiger partial charge in [0.05, 0.1) is 33.9 Å². The second-order valence-electron chi connectivity index (χ2n) is 8.55. The molecule has 0 aliphatic heterocycles. The molecule has 0 aromatic carbocycles. The molecule has 3 nitrogen and oxygen atoms in total. The minimum atomic E-state index is 0. The fourth-order valence-corrected chi connectivity index (χ4v) is 3.50. The Kier molecular flexibility index (Phi) is 16.0. The van der Waals surface area contributed by atoms with Gasteiger partial charge in [0, 0.05) is 11.5 Å². The zero-order valence-corrected chi connectivity index (χ0v) is 18.4. The highest BCUT2D eigenvalue weighted by molar-refractivity contribution is 5.60. The summed E-state index contributed by atoms with van der Waals surface area (Å²) in [4.78, 5) is 10.9. The molecular formula is C24H42FNO2. The summed E-state index contributed by atoms with van der Waals surface area (Å²) in [6.45, 7) is 5.82. The van der Waals surface area contributed by atoms with Gasteiger partial charge in [-0.25, -0.2) is 4.79 Å². The zero-order chi connectivity index (χ0) is 19.8. The van der Waals surface area contributed by atoms with Crippen molar-refractivity contribution in [1.29, 1.82) is 0 Å². The quantitative estimate of drug-likeness (QED) is 0.228. The van der Waals surface area contributed by atoms with Crippen LogP contribution in [0.3, 0.4) is 0 Å². The molecule has 0 fully saturated rings. The summed E-state index contributed by atoms with van der Waals surface area (Å²) in [5.41, 5.74) is 0.691. The number of hydrogen-bond acceptors (Lipinski definition) is 2. The number of halogens is 1. The first-order chi connectivity index (χ1) is 13.1. The number of ether oxygens (including phenoxy) is 1.